The average Bonchev–Trinajstić information content (AvgIpc) is 3.16. The van der Waals surface area contributed by atoms with Crippen molar-refractivity contribution in [2.75, 3.05) is 6.54 Å². The molecule has 0 spiro atoms. The molecule has 0 unspecified atom stereocenters. The molecule has 0 saturated carbocycles. The molecule has 0 saturated heterocycles. The van der Waals surface area contributed by atoms with Gasteiger partial charge in [0.1, 0.15) is 12.7 Å². The van der Waals surface area contributed by atoms with Crippen molar-refractivity contribution in [1.29, 1.82) is 0 Å². The zero-order valence-corrected chi connectivity index (χ0v) is 14.4. The maximum atomic E-state index is 12.4. The smallest absolute Gasteiger partial charge is 0.255 e. The predicted molar refractivity (Wildman–Crippen MR) is 93.0 cm³/mol. The van der Waals surface area contributed by atoms with Crippen molar-refractivity contribution in [2.45, 2.75) is 11.3 Å². The molecule has 0 aliphatic rings. The summed E-state index contributed by atoms with van der Waals surface area (Å²) >= 11 is 0. The molecule has 1 aromatic carbocycles. The highest BCUT2D eigenvalue weighted by Gasteiger charge is 2.14. The Kier molecular flexibility index (Phi) is 5.05. The minimum absolute atomic E-state index is 0.0538. The van der Waals surface area contributed by atoms with Crippen LogP contribution >= 0.6 is 0 Å². The molecule has 0 radical (unpaired) electrons. The van der Waals surface area contributed by atoms with Crippen LogP contribution in [-0.4, -0.2) is 40.6 Å². The van der Waals surface area contributed by atoms with Gasteiger partial charge >= 0.3 is 0 Å². The predicted octanol–water partition coefficient (Wildman–Crippen LogP) is 0.282. The summed E-state index contributed by atoms with van der Waals surface area (Å²) in [7, 11) is -3.71. The molecule has 2 aromatic heterocycles. The van der Waals surface area contributed by atoms with Gasteiger partial charge in [-0.05, 0) is 36.2 Å². The van der Waals surface area contributed by atoms with Gasteiger partial charge in [-0.1, -0.05) is 12.1 Å². The van der Waals surface area contributed by atoms with Gasteiger partial charge in [-0.15, -0.1) is 0 Å². The molecule has 0 atom stereocenters. The van der Waals surface area contributed by atoms with Crippen molar-refractivity contribution in [3.63, 3.8) is 0 Å². The van der Waals surface area contributed by atoms with Crippen LogP contribution in [0.25, 0.3) is 5.82 Å². The summed E-state index contributed by atoms with van der Waals surface area (Å²) in [6, 6.07) is 9.53. The fourth-order valence-corrected chi connectivity index (χ4v) is 2.85. The summed E-state index contributed by atoms with van der Waals surface area (Å²) in [6.07, 6.45) is 4.93. The Labute approximate surface area is 149 Å². The highest BCUT2D eigenvalue weighted by atomic mass is 32.2. The Morgan fingerprint density at radius 3 is 2.62 bits per heavy atom. The third-order valence-electron chi connectivity index (χ3n) is 3.62. The summed E-state index contributed by atoms with van der Waals surface area (Å²) in [4.78, 5) is 20.5. The van der Waals surface area contributed by atoms with Crippen LogP contribution in [0.4, 0.5) is 0 Å². The second kappa shape index (κ2) is 7.42. The molecule has 3 N–H and O–H groups in total. The Morgan fingerprint density at radius 2 is 1.96 bits per heavy atom. The molecule has 9 nitrogen and oxygen atoms in total. The number of sulfonamides is 1. The molecule has 0 bridgehead atoms. The first-order chi connectivity index (χ1) is 12.4. The summed E-state index contributed by atoms with van der Waals surface area (Å²) < 4.78 is 23.9. The number of pyridine rings is 1. The first kappa shape index (κ1) is 17.7. The first-order valence-electron chi connectivity index (χ1n) is 7.65. The lowest BCUT2D eigenvalue weighted by molar-refractivity contribution is 0.0953. The molecule has 0 aliphatic heterocycles. The van der Waals surface area contributed by atoms with Crippen molar-refractivity contribution in [3.8, 4) is 5.82 Å². The second-order valence-corrected chi connectivity index (χ2v) is 6.97. The summed E-state index contributed by atoms with van der Waals surface area (Å²) in [5.41, 5.74) is 1.25. The highest BCUT2D eigenvalue weighted by molar-refractivity contribution is 7.89. The van der Waals surface area contributed by atoms with Crippen molar-refractivity contribution >= 4 is 15.9 Å². The molecular formula is C16H16N6O3S. The number of carbonyl (C=O) groups is 1. The van der Waals surface area contributed by atoms with Crippen LogP contribution in [0.1, 0.15) is 15.9 Å². The van der Waals surface area contributed by atoms with Gasteiger partial charge in [0.2, 0.25) is 10.0 Å². The summed E-state index contributed by atoms with van der Waals surface area (Å²) in [5.74, 6) is 0.102. The van der Waals surface area contributed by atoms with E-state index in [-0.39, 0.29) is 10.8 Å². The molecule has 3 rings (SSSR count). The van der Waals surface area contributed by atoms with E-state index in [2.05, 4.69) is 20.4 Å². The van der Waals surface area contributed by atoms with E-state index < -0.39 is 10.0 Å². The normalized spacial score (nSPS) is 11.3. The fourth-order valence-electron chi connectivity index (χ4n) is 2.34. The SMILES string of the molecule is NS(=O)(=O)c1ccc(CCNC(=O)c2cccnc2-n2cncn2)cc1. The number of hydrogen-bond acceptors (Lipinski definition) is 6. The number of nitrogens with two attached hydrogens (primary N) is 1. The largest absolute Gasteiger partial charge is 0.352 e. The highest BCUT2D eigenvalue weighted by Crippen LogP contribution is 2.11. The lowest BCUT2D eigenvalue weighted by atomic mass is 10.1. The van der Waals surface area contributed by atoms with Gasteiger partial charge in [0.25, 0.3) is 5.91 Å². The minimum atomic E-state index is -3.71. The van der Waals surface area contributed by atoms with Crippen molar-refractivity contribution in [1.82, 2.24) is 25.1 Å². The van der Waals surface area contributed by atoms with Crippen LogP contribution < -0.4 is 10.5 Å². The second-order valence-electron chi connectivity index (χ2n) is 5.41. The van der Waals surface area contributed by atoms with Crippen LogP contribution in [-0.2, 0) is 16.4 Å². The van der Waals surface area contributed by atoms with E-state index in [0.717, 1.165) is 5.56 Å². The summed E-state index contributed by atoms with van der Waals surface area (Å²) in [5, 5.41) is 11.9. The quantitative estimate of drug-likeness (QED) is 0.639. The molecule has 1 amide bonds. The number of nitrogens with one attached hydrogen (secondary N) is 1. The van der Waals surface area contributed by atoms with Gasteiger partial charge in [-0.2, -0.15) is 5.10 Å². The molecule has 0 fully saturated rings. The fraction of sp³-hybridized carbons (Fsp3) is 0.125. The lowest BCUT2D eigenvalue weighted by Crippen LogP contribution is -2.27. The van der Waals surface area contributed by atoms with Crippen LogP contribution in [0.3, 0.4) is 0 Å². The Bertz CT molecular complexity index is 1000. The molecule has 134 valence electrons. The maximum absolute atomic E-state index is 12.4. The van der Waals surface area contributed by atoms with Crippen LogP contribution in [0, 0.1) is 0 Å². The van der Waals surface area contributed by atoms with Gasteiger partial charge in [-0.25, -0.2) is 28.2 Å². The lowest BCUT2D eigenvalue weighted by Gasteiger charge is -2.09. The Hall–Kier alpha value is -3.11. The monoisotopic (exact) mass is 372 g/mol. The molecule has 0 aliphatic carbocycles. The number of primary sulfonamides is 1. The van der Waals surface area contributed by atoms with E-state index in [1.165, 1.54) is 29.5 Å². The number of aromatic nitrogens is 4. The van der Waals surface area contributed by atoms with E-state index in [1.807, 2.05) is 0 Å². The van der Waals surface area contributed by atoms with E-state index in [9.17, 15) is 13.2 Å². The minimum Gasteiger partial charge on any atom is -0.352 e. The Morgan fingerprint density at radius 1 is 1.19 bits per heavy atom. The van der Waals surface area contributed by atoms with Gasteiger partial charge in [-0.3, -0.25) is 4.79 Å². The van der Waals surface area contributed by atoms with Gasteiger partial charge < -0.3 is 5.32 Å². The molecule has 10 heteroatoms. The van der Waals surface area contributed by atoms with Crippen LogP contribution in [0.2, 0.25) is 0 Å². The number of hydrogen-bond donors (Lipinski definition) is 2. The standard InChI is InChI=1S/C16H16N6O3S/c17-26(24,25)13-5-3-12(4-6-13)7-9-20-16(23)14-2-1-8-19-15(14)22-11-18-10-21-22/h1-6,8,10-11H,7,9H2,(H,20,23)(H2,17,24,25). The topological polar surface area (TPSA) is 133 Å². The molecule has 3 aromatic rings. The van der Waals surface area contributed by atoms with Crippen molar-refractivity contribution in [2.24, 2.45) is 5.14 Å². The first-order valence-corrected chi connectivity index (χ1v) is 9.20. The third kappa shape index (κ3) is 4.10. The van der Waals surface area contributed by atoms with Gasteiger partial charge in [0.05, 0.1) is 10.5 Å². The number of rotatable bonds is 6. The molecule has 26 heavy (non-hydrogen) atoms. The van der Waals surface area contributed by atoms with E-state index in [1.54, 1.807) is 30.5 Å². The average molecular weight is 372 g/mol. The van der Waals surface area contributed by atoms with Crippen molar-refractivity contribution in [3.05, 3.63) is 66.4 Å². The zero-order chi connectivity index (χ0) is 18.6. The Balaban J connectivity index is 1.63. The van der Waals surface area contributed by atoms with Crippen LogP contribution in [0.5, 0.6) is 0 Å². The summed E-state index contributed by atoms with van der Waals surface area (Å²) in [6.45, 7) is 0.374. The van der Waals surface area contributed by atoms with Crippen LogP contribution in [0.15, 0.2) is 60.1 Å². The molecule has 2 heterocycles. The van der Waals surface area contributed by atoms with E-state index >= 15 is 0 Å². The van der Waals surface area contributed by atoms with Gasteiger partial charge in [0.15, 0.2) is 5.82 Å². The number of nitrogens with zero attached hydrogens (tertiary/aromatic N) is 4. The number of benzene rings is 1. The van der Waals surface area contributed by atoms with E-state index in [0.29, 0.717) is 24.3 Å². The maximum Gasteiger partial charge on any atom is 0.255 e. The number of carbonyl (C=O) groups excluding carboxylic acids is 1. The molecular weight excluding hydrogens is 356 g/mol. The van der Waals surface area contributed by atoms with E-state index in [4.69, 9.17) is 5.14 Å². The van der Waals surface area contributed by atoms with Crippen molar-refractivity contribution < 1.29 is 13.2 Å². The third-order valence-corrected chi connectivity index (χ3v) is 4.55. The number of amides is 1. The zero-order valence-electron chi connectivity index (χ0n) is 13.6. The van der Waals surface area contributed by atoms with Gasteiger partial charge in [0, 0.05) is 12.7 Å².